The number of hydrogen-bond donors (Lipinski definition) is 0. The highest BCUT2D eigenvalue weighted by molar-refractivity contribution is 5.25. The van der Waals surface area contributed by atoms with Gasteiger partial charge in [0.2, 0.25) is 0 Å². The lowest BCUT2D eigenvalue weighted by molar-refractivity contribution is -0.137. The van der Waals surface area contributed by atoms with Crippen molar-refractivity contribution in [3.05, 3.63) is 35.4 Å². The van der Waals surface area contributed by atoms with Crippen molar-refractivity contribution < 1.29 is 13.2 Å². The second kappa shape index (κ2) is 14.9. The Morgan fingerprint density at radius 2 is 1.21 bits per heavy atom. The molecule has 0 N–H and O–H groups in total. The molecule has 1 rings (SSSR count). The van der Waals surface area contributed by atoms with Gasteiger partial charge >= 0.3 is 6.18 Å². The highest BCUT2D eigenvalue weighted by Crippen LogP contribution is 2.29. The quantitative estimate of drug-likeness (QED) is 0.253. The summed E-state index contributed by atoms with van der Waals surface area (Å²) in [5.74, 6) is 0. The van der Waals surface area contributed by atoms with E-state index in [-0.39, 0.29) is 0 Å². The molecule has 0 amide bonds. The van der Waals surface area contributed by atoms with Crippen LogP contribution in [0.1, 0.15) is 102 Å². The van der Waals surface area contributed by atoms with Gasteiger partial charge in [-0.3, -0.25) is 4.90 Å². The molecule has 0 radical (unpaired) electrons. The van der Waals surface area contributed by atoms with Crippen molar-refractivity contribution in [2.45, 2.75) is 104 Å². The van der Waals surface area contributed by atoms with E-state index in [1.165, 1.54) is 76.3 Å². The van der Waals surface area contributed by atoms with Crippen LogP contribution in [-0.2, 0) is 12.7 Å². The van der Waals surface area contributed by atoms with Gasteiger partial charge in [0.25, 0.3) is 0 Å². The Bertz CT molecular complexity index is 483. The van der Waals surface area contributed by atoms with Gasteiger partial charge in [-0.1, -0.05) is 96.3 Å². The molecular weight excluding hydrogens is 359 g/mol. The maximum absolute atomic E-state index is 13.0. The van der Waals surface area contributed by atoms with Crippen LogP contribution in [0, 0.1) is 0 Å². The van der Waals surface area contributed by atoms with Gasteiger partial charge in [-0.2, -0.15) is 13.2 Å². The van der Waals surface area contributed by atoms with Gasteiger partial charge in [0.15, 0.2) is 0 Å². The van der Waals surface area contributed by atoms with E-state index in [1.54, 1.807) is 0 Å². The SMILES string of the molecule is CCCCCCCCN(CCCCCCCC)Cc1cccc(C(F)(F)F)c1. The van der Waals surface area contributed by atoms with Crippen LogP contribution in [0.25, 0.3) is 0 Å². The van der Waals surface area contributed by atoms with Crippen molar-refractivity contribution in [1.29, 1.82) is 0 Å². The lowest BCUT2D eigenvalue weighted by atomic mass is 10.1. The number of benzene rings is 1. The molecule has 1 aromatic rings. The molecule has 0 bridgehead atoms. The highest BCUT2D eigenvalue weighted by Gasteiger charge is 2.30. The van der Waals surface area contributed by atoms with E-state index >= 15 is 0 Å². The normalized spacial score (nSPS) is 12.1. The van der Waals surface area contributed by atoms with Crippen molar-refractivity contribution in [1.82, 2.24) is 4.90 Å². The van der Waals surface area contributed by atoms with Crippen LogP contribution in [0.4, 0.5) is 13.2 Å². The van der Waals surface area contributed by atoms with Crippen LogP contribution in [0.15, 0.2) is 24.3 Å². The number of hydrogen-bond acceptors (Lipinski definition) is 1. The molecule has 28 heavy (non-hydrogen) atoms. The first kappa shape index (κ1) is 25.0. The molecule has 0 spiro atoms. The van der Waals surface area contributed by atoms with E-state index in [4.69, 9.17) is 0 Å². The lowest BCUT2D eigenvalue weighted by Gasteiger charge is -2.23. The van der Waals surface area contributed by atoms with Crippen molar-refractivity contribution in [3.63, 3.8) is 0 Å². The Morgan fingerprint density at radius 1 is 0.714 bits per heavy atom. The highest BCUT2D eigenvalue weighted by atomic mass is 19.4. The molecule has 0 aliphatic rings. The third-order valence-corrected chi connectivity index (χ3v) is 5.32. The number of rotatable bonds is 16. The molecule has 0 heterocycles. The molecule has 0 fully saturated rings. The van der Waals surface area contributed by atoms with Crippen molar-refractivity contribution in [2.75, 3.05) is 13.1 Å². The standard InChI is InChI=1S/C24H40F3N/c1-3-5-7-9-11-13-18-28(19-14-12-10-8-6-4-2)21-22-16-15-17-23(20-22)24(25,26)27/h15-17,20H,3-14,18-19,21H2,1-2H3. The second-order valence-electron chi connectivity index (χ2n) is 8.01. The molecular formula is C24H40F3N. The van der Waals surface area contributed by atoms with Crippen molar-refractivity contribution >= 4 is 0 Å². The Labute approximate surface area is 170 Å². The molecule has 1 nitrogen and oxygen atoms in total. The van der Waals surface area contributed by atoms with Crippen LogP contribution in [0.2, 0.25) is 0 Å². The zero-order valence-corrected chi connectivity index (χ0v) is 18.0. The average Bonchev–Trinajstić information content (AvgIpc) is 2.66. The average molecular weight is 400 g/mol. The Kier molecular flexibility index (Phi) is 13.3. The van der Waals surface area contributed by atoms with Gasteiger partial charge in [0.1, 0.15) is 0 Å². The summed E-state index contributed by atoms with van der Waals surface area (Å²) in [5.41, 5.74) is 0.232. The smallest absolute Gasteiger partial charge is 0.299 e. The first-order valence-electron chi connectivity index (χ1n) is 11.4. The summed E-state index contributed by atoms with van der Waals surface area (Å²) in [6, 6.07) is 5.83. The van der Waals surface area contributed by atoms with E-state index in [0.29, 0.717) is 6.54 Å². The maximum Gasteiger partial charge on any atom is 0.416 e. The Morgan fingerprint density at radius 3 is 1.71 bits per heavy atom. The predicted octanol–water partition coefficient (Wildman–Crippen LogP) is 8.23. The minimum absolute atomic E-state index is 0.538. The number of alkyl halides is 3. The Balaban J connectivity index is 2.51. The number of halogens is 3. The summed E-state index contributed by atoms with van der Waals surface area (Å²) in [6.07, 6.45) is 10.7. The van der Waals surface area contributed by atoms with Crippen LogP contribution in [0.3, 0.4) is 0 Å². The predicted molar refractivity (Wildman–Crippen MR) is 113 cm³/mol. The summed E-state index contributed by atoms with van der Waals surface area (Å²) in [5, 5.41) is 0. The molecule has 0 aromatic heterocycles. The maximum atomic E-state index is 13.0. The van der Waals surface area contributed by atoms with Crippen LogP contribution in [-0.4, -0.2) is 18.0 Å². The molecule has 0 aliphatic carbocycles. The van der Waals surface area contributed by atoms with Crippen molar-refractivity contribution in [2.24, 2.45) is 0 Å². The first-order valence-corrected chi connectivity index (χ1v) is 11.4. The number of nitrogens with zero attached hydrogens (tertiary/aromatic N) is 1. The summed E-state index contributed by atoms with van der Waals surface area (Å²) in [7, 11) is 0. The zero-order chi connectivity index (χ0) is 20.7. The fraction of sp³-hybridized carbons (Fsp3) is 0.750. The van der Waals surface area contributed by atoms with Gasteiger partial charge < -0.3 is 0 Å². The third-order valence-electron chi connectivity index (χ3n) is 5.32. The summed E-state index contributed by atoms with van der Waals surface area (Å²) < 4.78 is 39.0. The fourth-order valence-corrected chi connectivity index (χ4v) is 3.61. The van der Waals surface area contributed by atoms with Gasteiger partial charge in [-0.25, -0.2) is 0 Å². The van der Waals surface area contributed by atoms with Crippen molar-refractivity contribution in [3.8, 4) is 0 Å². The summed E-state index contributed by atoms with van der Waals surface area (Å²) in [6.45, 7) is 7.02. The second-order valence-corrected chi connectivity index (χ2v) is 8.01. The third kappa shape index (κ3) is 11.7. The largest absolute Gasteiger partial charge is 0.416 e. The van der Waals surface area contributed by atoms with Crippen LogP contribution in [0.5, 0.6) is 0 Å². The van der Waals surface area contributed by atoms with E-state index in [0.717, 1.165) is 37.6 Å². The summed E-state index contributed by atoms with van der Waals surface area (Å²) >= 11 is 0. The van der Waals surface area contributed by atoms with Gasteiger partial charge in [0, 0.05) is 6.54 Å². The van der Waals surface area contributed by atoms with E-state index in [1.807, 2.05) is 6.07 Å². The molecule has 0 aliphatic heterocycles. The van der Waals surface area contributed by atoms with Gasteiger partial charge in [-0.15, -0.1) is 0 Å². The minimum atomic E-state index is -4.26. The van der Waals surface area contributed by atoms with E-state index in [9.17, 15) is 13.2 Å². The molecule has 0 saturated heterocycles. The molecule has 162 valence electrons. The fourth-order valence-electron chi connectivity index (χ4n) is 3.61. The summed E-state index contributed by atoms with van der Waals surface area (Å²) in [4.78, 5) is 2.36. The molecule has 0 saturated carbocycles. The van der Waals surface area contributed by atoms with E-state index in [2.05, 4.69) is 18.7 Å². The van der Waals surface area contributed by atoms with Crippen LogP contribution >= 0.6 is 0 Å². The Hall–Kier alpha value is -1.03. The minimum Gasteiger partial charge on any atom is -0.299 e. The molecule has 1 aromatic carbocycles. The topological polar surface area (TPSA) is 3.24 Å². The monoisotopic (exact) mass is 399 g/mol. The lowest BCUT2D eigenvalue weighted by Crippen LogP contribution is -2.26. The molecule has 4 heteroatoms. The van der Waals surface area contributed by atoms with Crippen LogP contribution < -0.4 is 0 Å². The zero-order valence-electron chi connectivity index (χ0n) is 18.0. The first-order chi connectivity index (χ1) is 13.5. The van der Waals surface area contributed by atoms with Gasteiger partial charge in [0.05, 0.1) is 5.56 Å². The van der Waals surface area contributed by atoms with E-state index < -0.39 is 11.7 Å². The number of unbranched alkanes of at least 4 members (excludes halogenated alkanes) is 10. The van der Waals surface area contributed by atoms with Gasteiger partial charge in [-0.05, 0) is 37.6 Å². The molecule has 0 unspecified atom stereocenters. The molecule has 0 atom stereocenters.